The Kier molecular flexibility index (Phi) is 5.23. The third-order valence-electron chi connectivity index (χ3n) is 4.25. The molecule has 1 amide bonds. The molecule has 2 rings (SSSR count). The van der Waals surface area contributed by atoms with Crippen LogP contribution in [0.1, 0.15) is 43.2 Å². The average molecular weight is 291 g/mol. The molecule has 4 heteroatoms. The molecule has 0 heterocycles. The van der Waals surface area contributed by atoms with Crippen molar-refractivity contribution in [1.29, 1.82) is 0 Å². The second kappa shape index (κ2) is 6.94. The van der Waals surface area contributed by atoms with Crippen molar-refractivity contribution in [3.63, 3.8) is 0 Å². The van der Waals surface area contributed by atoms with Gasteiger partial charge >= 0.3 is 0 Å². The molecule has 0 bridgehead atoms. The summed E-state index contributed by atoms with van der Waals surface area (Å²) in [6.07, 6.45) is 4.19. The fourth-order valence-electron chi connectivity index (χ4n) is 3.01. The van der Waals surface area contributed by atoms with E-state index in [2.05, 4.69) is 5.32 Å². The minimum Gasteiger partial charge on any atom is -0.493 e. The van der Waals surface area contributed by atoms with E-state index in [0.717, 1.165) is 42.6 Å². The third kappa shape index (κ3) is 3.97. The van der Waals surface area contributed by atoms with Crippen molar-refractivity contribution in [3.8, 4) is 5.75 Å². The number of aliphatic hydroxyl groups excluding tert-OH is 1. The summed E-state index contributed by atoms with van der Waals surface area (Å²) in [5.74, 6) is 0.820. The number of rotatable bonds is 6. The number of carbonyl (C=O) groups is 1. The van der Waals surface area contributed by atoms with Crippen molar-refractivity contribution in [2.45, 2.75) is 51.5 Å². The highest BCUT2D eigenvalue weighted by molar-refractivity contribution is 5.77. The molecule has 1 fully saturated rings. The van der Waals surface area contributed by atoms with Crippen molar-refractivity contribution >= 4 is 5.91 Å². The summed E-state index contributed by atoms with van der Waals surface area (Å²) in [7, 11) is 0. The molecule has 0 unspecified atom stereocenters. The number of carbonyl (C=O) groups excluding carboxylic acids is 1. The van der Waals surface area contributed by atoms with Crippen LogP contribution in [0.2, 0.25) is 0 Å². The van der Waals surface area contributed by atoms with E-state index in [1.54, 1.807) is 0 Å². The van der Waals surface area contributed by atoms with Crippen LogP contribution in [0, 0.1) is 13.8 Å². The zero-order chi connectivity index (χ0) is 15.3. The fourth-order valence-corrected chi connectivity index (χ4v) is 3.01. The predicted molar refractivity (Wildman–Crippen MR) is 82.5 cm³/mol. The zero-order valence-electron chi connectivity index (χ0n) is 12.9. The Labute approximate surface area is 126 Å². The lowest BCUT2D eigenvalue weighted by Crippen LogP contribution is -2.49. The molecule has 1 aromatic carbocycles. The molecular weight excluding hydrogens is 266 g/mol. The van der Waals surface area contributed by atoms with Crippen LogP contribution in [-0.4, -0.2) is 29.8 Å². The molecule has 1 aliphatic carbocycles. The highest BCUT2D eigenvalue weighted by Crippen LogP contribution is 2.29. The first-order valence-corrected chi connectivity index (χ1v) is 7.67. The van der Waals surface area contributed by atoms with Crippen LogP contribution < -0.4 is 10.1 Å². The molecule has 116 valence electrons. The van der Waals surface area contributed by atoms with E-state index in [-0.39, 0.29) is 12.5 Å². The van der Waals surface area contributed by atoms with E-state index in [4.69, 9.17) is 4.74 Å². The van der Waals surface area contributed by atoms with E-state index in [1.165, 1.54) is 0 Å². The van der Waals surface area contributed by atoms with Crippen LogP contribution in [0.15, 0.2) is 18.2 Å². The fraction of sp³-hybridized carbons (Fsp3) is 0.588. The van der Waals surface area contributed by atoms with Crippen LogP contribution in [0.3, 0.4) is 0 Å². The van der Waals surface area contributed by atoms with Crippen molar-refractivity contribution in [2.24, 2.45) is 0 Å². The van der Waals surface area contributed by atoms with Crippen LogP contribution >= 0.6 is 0 Å². The maximum Gasteiger partial charge on any atom is 0.223 e. The monoisotopic (exact) mass is 291 g/mol. The Morgan fingerprint density at radius 1 is 1.29 bits per heavy atom. The molecule has 0 atom stereocenters. The van der Waals surface area contributed by atoms with Gasteiger partial charge in [-0.2, -0.15) is 0 Å². The number of hydrogen-bond donors (Lipinski definition) is 2. The van der Waals surface area contributed by atoms with Crippen LogP contribution in [0.4, 0.5) is 0 Å². The number of hydrogen-bond acceptors (Lipinski definition) is 3. The summed E-state index contributed by atoms with van der Waals surface area (Å²) in [6, 6.07) is 6.00. The lowest BCUT2D eigenvalue weighted by molar-refractivity contribution is -0.124. The molecule has 2 N–H and O–H groups in total. The summed E-state index contributed by atoms with van der Waals surface area (Å²) in [5, 5.41) is 12.5. The summed E-state index contributed by atoms with van der Waals surface area (Å²) in [6.45, 7) is 4.39. The Hall–Kier alpha value is -1.55. The molecule has 1 aliphatic rings. The Morgan fingerprint density at radius 3 is 2.48 bits per heavy atom. The van der Waals surface area contributed by atoms with Gasteiger partial charge in [-0.3, -0.25) is 4.79 Å². The Morgan fingerprint density at radius 2 is 1.90 bits per heavy atom. The predicted octanol–water partition coefficient (Wildman–Crippen LogP) is 2.49. The standard InChI is InChI=1S/C17H25NO3/c1-13-6-5-7-14(2)16(13)21-11-8-15(20)18-17(12-19)9-3-4-10-17/h5-7,19H,3-4,8-12H2,1-2H3,(H,18,20). The number of ether oxygens (including phenoxy) is 1. The number of para-hydroxylation sites is 1. The summed E-state index contributed by atoms with van der Waals surface area (Å²) in [5.41, 5.74) is 1.77. The normalized spacial score (nSPS) is 16.7. The largest absolute Gasteiger partial charge is 0.493 e. The van der Waals surface area contributed by atoms with Gasteiger partial charge in [0.1, 0.15) is 5.75 Å². The maximum atomic E-state index is 12.0. The average Bonchev–Trinajstić information content (AvgIpc) is 2.91. The lowest BCUT2D eigenvalue weighted by atomic mass is 9.99. The first kappa shape index (κ1) is 15.8. The van der Waals surface area contributed by atoms with E-state index in [0.29, 0.717) is 13.0 Å². The van der Waals surface area contributed by atoms with E-state index < -0.39 is 5.54 Å². The van der Waals surface area contributed by atoms with Gasteiger partial charge in [0.2, 0.25) is 5.91 Å². The molecule has 21 heavy (non-hydrogen) atoms. The molecule has 1 aromatic rings. The lowest BCUT2D eigenvalue weighted by Gasteiger charge is -2.28. The highest BCUT2D eigenvalue weighted by atomic mass is 16.5. The van der Waals surface area contributed by atoms with Gasteiger partial charge in [-0.25, -0.2) is 0 Å². The number of aryl methyl sites for hydroxylation is 2. The first-order chi connectivity index (χ1) is 10.1. The molecule has 1 saturated carbocycles. The zero-order valence-corrected chi connectivity index (χ0v) is 12.9. The topological polar surface area (TPSA) is 58.6 Å². The van der Waals surface area contributed by atoms with E-state index >= 15 is 0 Å². The quantitative estimate of drug-likeness (QED) is 0.846. The summed E-state index contributed by atoms with van der Waals surface area (Å²) < 4.78 is 5.75. The molecule has 0 saturated heterocycles. The van der Waals surface area contributed by atoms with Crippen LogP contribution in [0.25, 0.3) is 0 Å². The van der Waals surface area contributed by atoms with Crippen LogP contribution in [0.5, 0.6) is 5.75 Å². The smallest absolute Gasteiger partial charge is 0.223 e. The maximum absolute atomic E-state index is 12.0. The SMILES string of the molecule is Cc1cccc(C)c1OCCC(=O)NC1(CO)CCCC1. The van der Waals surface area contributed by atoms with Gasteiger partial charge in [0, 0.05) is 0 Å². The van der Waals surface area contributed by atoms with Gasteiger partial charge in [0.25, 0.3) is 0 Å². The number of benzene rings is 1. The van der Waals surface area contributed by atoms with Gasteiger partial charge in [-0.1, -0.05) is 31.0 Å². The van der Waals surface area contributed by atoms with Gasteiger partial charge in [0.15, 0.2) is 0 Å². The van der Waals surface area contributed by atoms with E-state index in [1.807, 2.05) is 32.0 Å². The Bertz CT molecular complexity index is 473. The molecule has 0 aliphatic heterocycles. The number of amides is 1. The van der Waals surface area contributed by atoms with Crippen molar-refractivity contribution in [3.05, 3.63) is 29.3 Å². The second-order valence-corrected chi connectivity index (χ2v) is 6.01. The minimum atomic E-state index is -0.393. The Balaban J connectivity index is 1.82. The van der Waals surface area contributed by atoms with Crippen molar-refractivity contribution in [1.82, 2.24) is 5.32 Å². The number of nitrogens with one attached hydrogen (secondary N) is 1. The second-order valence-electron chi connectivity index (χ2n) is 6.01. The molecule has 0 radical (unpaired) electrons. The van der Waals surface area contributed by atoms with E-state index in [9.17, 15) is 9.90 Å². The summed E-state index contributed by atoms with van der Waals surface area (Å²) in [4.78, 5) is 12.0. The van der Waals surface area contributed by atoms with Gasteiger partial charge < -0.3 is 15.2 Å². The van der Waals surface area contributed by atoms with Gasteiger partial charge in [-0.15, -0.1) is 0 Å². The highest BCUT2D eigenvalue weighted by Gasteiger charge is 2.34. The van der Waals surface area contributed by atoms with Gasteiger partial charge in [0.05, 0.1) is 25.2 Å². The molecular formula is C17H25NO3. The third-order valence-corrected chi connectivity index (χ3v) is 4.25. The number of aliphatic hydroxyl groups is 1. The van der Waals surface area contributed by atoms with Crippen LogP contribution in [-0.2, 0) is 4.79 Å². The first-order valence-electron chi connectivity index (χ1n) is 7.67. The van der Waals surface area contributed by atoms with Gasteiger partial charge in [-0.05, 0) is 37.8 Å². The minimum absolute atomic E-state index is 0.0243. The summed E-state index contributed by atoms with van der Waals surface area (Å²) >= 11 is 0. The molecule has 0 aromatic heterocycles. The van der Waals surface area contributed by atoms with Crippen molar-refractivity contribution in [2.75, 3.05) is 13.2 Å². The molecule has 4 nitrogen and oxygen atoms in total. The van der Waals surface area contributed by atoms with Crippen molar-refractivity contribution < 1.29 is 14.6 Å². The molecule has 0 spiro atoms.